The first kappa shape index (κ1) is 22.1. The van der Waals surface area contributed by atoms with E-state index in [9.17, 15) is 24.9 Å². The molecular weight excluding hydrogens is 372 g/mol. The van der Waals surface area contributed by atoms with E-state index >= 15 is 0 Å². The van der Waals surface area contributed by atoms with Crippen molar-refractivity contribution >= 4 is 12.0 Å². The van der Waals surface area contributed by atoms with E-state index in [2.05, 4.69) is 10.6 Å². The number of amides is 2. The molecule has 0 saturated carbocycles. The molecule has 6 atom stereocenters. The predicted molar refractivity (Wildman–Crippen MR) is 95.9 cm³/mol. The molecular formula is C18H26N2O8. The van der Waals surface area contributed by atoms with Crippen LogP contribution in [0.25, 0.3) is 0 Å². The van der Waals surface area contributed by atoms with Crippen LogP contribution in [0.15, 0.2) is 30.3 Å². The number of aliphatic hydroxyl groups is 3. The highest BCUT2D eigenvalue weighted by atomic mass is 16.7. The van der Waals surface area contributed by atoms with Crippen molar-refractivity contribution in [2.24, 2.45) is 0 Å². The van der Waals surface area contributed by atoms with Gasteiger partial charge in [0, 0.05) is 7.11 Å². The van der Waals surface area contributed by atoms with Crippen LogP contribution in [0.2, 0.25) is 0 Å². The second kappa shape index (κ2) is 10.3. The van der Waals surface area contributed by atoms with Crippen LogP contribution in [-0.4, -0.2) is 77.7 Å². The quantitative estimate of drug-likeness (QED) is 0.388. The Morgan fingerprint density at radius 3 is 2.50 bits per heavy atom. The van der Waals surface area contributed by atoms with Gasteiger partial charge in [-0.2, -0.15) is 0 Å². The number of hydrogen-bond donors (Lipinski definition) is 5. The Hall–Kier alpha value is -2.24. The van der Waals surface area contributed by atoms with Crippen LogP contribution in [0.5, 0.6) is 0 Å². The summed E-state index contributed by atoms with van der Waals surface area (Å²) in [5, 5.41) is 34.2. The van der Waals surface area contributed by atoms with Crippen molar-refractivity contribution in [3.05, 3.63) is 35.9 Å². The van der Waals surface area contributed by atoms with Crippen LogP contribution in [0, 0.1) is 0 Å². The summed E-state index contributed by atoms with van der Waals surface area (Å²) >= 11 is 0. The van der Waals surface area contributed by atoms with Crippen molar-refractivity contribution in [2.75, 3.05) is 13.7 Å². The van der Waals surface area contributed by atoms with Crippen LogP contribution in [0.4, 0.5) is 4.79 Å². The Labute approximate surface area is 162 Å². The van der Waals surface area contributed by atoms with E-state index in [4.69, 9.17) is 14.2 Å². The standard InChI is InChI=1S/C18H26N2O8/c1-10(19-18(25)27-9-11-6-4-3-5-7-11)16(24)20-13-15(23)14(22)12(8-21)28-17(13)26-2/h3-7,10,12-15,17,21-23H,8-9H2,1-2H3,(H,19,25)(H,20,24)/t10-,12-,13-,14-,15-,17+/m1/s1. The molecule has 0 unspecified atom stereocenters. The van der Waals surface area contributed by atoms with E-state index in [-0.39, 0.29) is 6.61 Å². The maximum atomic E-state index is 12.4. The number of aliphatic hydroxyl groups excluding tert-OH is 3. The lowest BCUT2D eigenvalue weighted by atomic mass is 9.96. The second-order valence-electron chi connectivity index (χ2n) is 6.40. The highest BCUT2D eigenvalue weighted by Gasteiger charge is 2.45. The van der Waals surface area contributed by atoms with Crippen molar-refractivity contribution in [2.45, 2.75) is 50.2 Å². The lowest BCUT2D eigenvalue weighted by Gasteiger charge is -2.42. The van der Waals surface area contributed by atoms with Gasteiger partial charge >= 0.3 is 6.09 Å². The SMILES string of the molecule is CO[C@H]1O[C@H](CO)[C@@H](O)[C@H](O)[C@H]1NC(=O)[C@@H](C)NC(=O)OCc1ccccc1. The molecule has 2 amide bonds. The summed E-state index contributed by atoms with van der Waals surface area (Å²) in [6.07, 6.45) is -5.76. The number of carbonyl (C=O) groups is 2. The molecule has 1 saturated heterocycles. The zero-order chi connectivity index (χ0) is 20.7. The first-order valence-corrected chi connectivity index (χ1v) is 8.80. The fourth-order valence-corrected chi connectivity index (χ4v) is 2.73. The lowest BCUT2D eigenvalue weighted by molar-refractivity contribution is -0.262. The fraction of sp³-hybridized carbons (Fsp3) is 0.556. The monoisotopic (exact) mass is 398 g/mol. The first-order chi connectivity index (χ1) is 13.4. The molecule has 28 heavy (non-hydrogen) atoms. The van der Waals surface area contributed by atoms with Gasteiger partial charge in [0.15, 0.2) is 6.29 Å². The fourth-order valence-electron chi connectivity index (χ4n) is 2.73. The van der Waals surface area contributed by atoms with Gasteiger partial charge in [-0.3, -0.25) is 4.79 Å². The summed E-state index contributed by atoms with van der Waals surface area (Å²) in [4.78, 5) is 24.2. The van der Waals surface area contributed by atoms with Crippen LogP contribution < -0.4 is 10.6 Å². The molecule has 5 N–H and O–H groups in total. The van der Waals surface area contributed by atoms with E-state index in [0.717, 1.165) is 5.56 Å². The molecule has 1 aromatic rings. The Bertz CT molecular complexity index is 642. The van der Waals surface area contributed by atoms with Crippen LogP contribution in [-0.2, 0) is 25.6 Å². The van der Waals surface area contributed by atoms with E-state index in [1.54, 1.807) is 12.1 Å². The maximum absolute atomic E-state index is 12.4. The molecule has 1 fully saturated rings. The minimum absolute atomic E-state index is 0.0523. The summed E-state index contributed by atoms with van der Waals surface area (Å²) in [6, 6.07) is 6.97. The molecule has 0 bridgehead atoms. The Morgan fingerprint density at radius 1 is 1.21 bits per heavy atom. The van der Waals surface area contributed by atoms with Gasteiger partial charge in [0.1, 0.15) is 37.0 Å². The number of carbonyl (C=O) groups excluding carboxylic acids is 2. The van der Waals surface area contributed by atoms with Crippen LogP contribution in [0.1, 0.15) is 12.5 Å². The van der Waals surface area contributed by atoms with E-state index in [0.29, 0.717) is 0 Å². The number of nitrogens with one attached hydrogen (secondary N) is 2. The molecule has 0 spiro atoms. The summed E-state index contributed by atoms with van der Waals surface area (Å²) < 4.78 is 15.4. The number of hydrogen-bond acceptors (Lipinski definition) is 8. The predicted octanol–water partition coefficient (Wildman–Crippen LogP) is -1.13. The minimum Gasteiger partial charge on any atom is -0.445 e. The van der Waals surface area contributed by atoms with Gasteiger partial charge in [0.2, 0.25) is 5.91 Å². The van der Waals surface area contributed by atoms with Crippen molar-refractivity contribution in [3.8, 4) is 0 Å². The molecule has 1 aliphatic rings. The van der Waals surface area contributed by atoms with Gasteiger partial charge in [-0.1, -0.05) is 30.3 Å². The van der Waals surface area contributed by atoms with Crippen molar-refractivity contribution < 1.29 is 39.1 Å². The molecule has 10 nitrogen and oxygen atoms in total. The number of rotatable bonds is 7. The molecule has 1 heterocycles. The van der Waals surface area contributed by atoms with Crippen molar-refractivity contribution in [3.63, 3.8) is 0 Å². The third-order valence-electron chi connectivity index (χ3n) is 4.36. The summed E-state index contributed by atoms with van der Waals surface area (Å²) in [6.45, 7) is 0.963. The Balaban J connectivity index is 1.87. The van der Waals surface area contributed by atoms with Gasteiger partial charge in [-0.05, 0) is 12.5 Å². The third-order valence-corrected chi connectivity index (χ3v) is 4.36. The highest BCUT2D eigenvalue weighted by molar-refractivity contribution is 5.85. The van der Waals surface area contributed by atoms with Gasteiger partial charge < -0.3 is 40.2 Å². The number of benzene rings is 1. The van der Waals surface area contributed by atoms with Gasteiger partial charge in [-0.15, -0.1) is 0 Å². The normalized spacial score (nSPS) is 28.2. The number of ether oxygens (including phenoxy) is 3. The molecule has 1 aliphatic heterocycles. The van der Waals surface area contributed by atoms with Crippen LogP contribution >= 0.6 is 0 Å². The zero-order valence-corrected chi connectivity index (χ0v) is 15.6. The number of methoxy groups -OCH3 is 1. The number of alkyl carbamates (subject to hydrolysis) is 1. The minimum atomic E-state index is -1.43. The molecule has 156 valence electrons. The zero-order valence-electron chi connectivity index (χ0n) is 15.6. The second-order valence-corrected chi connectivity index (χ2v) is 6.40. The van der Waals surface area contributed by atoms with Gasteiger partial charge in [0.05, 0.1) is 6.61 Å². The van der Waals surface area contributed by atoms with Crippen molar-refractivity contribution in [1.29, 1.82) is 0 Å². The maximum Gasteiger partial charge on any atom is 0.408 e. The summed E-state index contributed by atoms with van der Waals surface area (Å²) in [5.41, 5.74) is 0.799. The average Bonchev–Trinajstić information content (AvgIpc) is 2.70. The highest BCUT2D eigenvalue weighted by Crippen LogP contribution is 2.21. The van der Waals surface area contributed by atoms with Crippen LogP contribution in [0.3, 0.4) is 0 Å². The van der Waals surface area contributed by atoms with E-state index in [1.807, 2.05) is 18.2 Å². The topological polar surface area (TPSA) is 147 Å². The molecule has 0 radical (unpaired) electrons. The average molecular weight is 398 g/mol. The van der Waals surface area contributed by atoms with Crippen molar-refractivity contribution in [1.82, 2.24) is 10.6 Å². The largest absolute Gasteiger partial charge is 0.445 e. The summed E-state index contributed by atoms with van der Waals surface area (Å²) in [7, 11) is 1.30. The van der Waals surface area contributed by atoms with E-state index in [1.165, 1.54) is 14.0 Å². The molecule has 0 aliphatic carbocycles. The third kappa shape index (κ3) is 5.63. The summed E-state index contributed by atoms with van der Waals surface area (Å²) in [5.74, 6) is -0.638. The Kier molecular flexibility index (Phi) is 8.15. The van der Waals surface area contributed by atoms with Gasteiger partial charge in [-0.25, -0.2) is 4.79 Å². The first-order valence-electron chi connectivity index (χ1n) is 8.80. The van der Waals surface area contributed by atoms with Gasteiger partial charge in [0.25, 0.3) is 0 Å². The molecule has 1 aromatic carbocycles. The molecule has 0 aromatic heterocycles. The lowest BCUT2D eigenvalue weighted by Crippen LogP contribution is -2.65. The smallest absolute Gasteiger partial charge is 0.408 e. The Morgan fingerprint density at radius 2 is 1.89 bits per heavy atom. The molecule has 10 heteroatoms. The molecule has 2 rings (SSSR count). The van der Waals surface area contributed by atoms with E-state index < -0.39 is 55.3 Å².